The molecule has 1 aliphatic carbocycles. The van der Waals surface area contributed by atoms with Crippen LogP contribution >= 0.6 is 0 Å². The average Bonchev–Trinajstić information content (AvgIpc) is 3.43. The van der Waals surface area contributed by atoms with Crippen LogP contribution in [0.2, 0.25) is 0 Å². The van der Waals surface area contributed by atoms with Crippen LogP contribution in [0.25, 0.3) is 10.9 Å². The van der Waals surface area contributed by atoms with Crippen molar-refractivity contribution in [3.05, 3.63) is 65.4 Å². The molecule has 1 aromatic heterocycles. The normalized spacial score (nSPS) is 18.4. The van der Waals surface area contributed by atoms with E-state index in [-0.39, 0.29) is 24.4 Å². The first kappa shape index (κ1) is 18.9. The maximum Gasteiger partial charge on any atom is 0.275 e. The van der Waals surface area contributed by atoms with Crippen molar-refractivity contribution in [3.63, 3.8) is 0 Å². The van der Waals surface area contributed by atoms with Crippen LogP contribution in [-0.2, 0) is 17.8 Å². The van der Waals surface area contributed by atoms with E-state index >= 15 is 0 Å². The van der Waals surface area contributed by atoms with Crippen LogP contribution in [0.1, 0.15) is 53.3 Å². The molecular formula is C24H26N4O2. The molecule has 1 aliphatic heterocycles. The molecule has 0 bridgehead atoms. The van der Waals surface area contributed by atoms with E-state index in [9.17, 15) is 9.59 Å². The Kier molecular flexibility index (Phi) is 4.99. The van der Waals surface area contributed by atoms with Crippen LogP contribution in [0.3, 0.4) is 0 Å². The molecule has 1 fully saturated rings. The molecule has 0 spiro atoms. The van der Waals surface area contributed by atoms with Gasteiger partial charge < -0.3 is 10.2 Å². The highest BCUT2D eigenvalue weighted by Crippen LogP contribution is 2.29. The number of carbonyl (C=O) groups excluding carboxylic acids is 2. The molecule has 2 heterocycles. The number of amides is 2. The fraction of sp³-hybridized carbons (Fsp3) is 0.375. The van der Waals surface area contributed by atoms with Crippen molar-refractivity contribution in [2.24, 2.45) is 0 Å². The topological polar surface area (TPSA) is 67.2 Å². The van der Waals surface area contributed by atoms with Crippen molar-refractivity contribution in [2.45, 2.75) is 44.7 Å². The van der Waals surface area contributed by atoms with Crippen LogP contribution in [0.5, 0.6) is 0 Å². The highest BCUT2D eigenvalue weighted by atomic mass is 16.2. The number of para-hydroxylation sites is 1. The van der Waals surface area contributed by atoms with Crippen molar-refractivity contribution >= 4 is 22.7 Å². The predicted octanol–water partition coefficient (Wildman–Crippen LogP) is 3.47. The van der Waals surface area contributed by atoms with Gasteiger partial charge in [0.25, 0.3) is 5.91 Å². The van der Waals surface area contributed by atoms with Gasteiger partial charge in [-0.2, -0.15) is 5.10 Å². The van der Waals surface area contributed by atoms with Crippen molar-refractivity contribution in [2.75, 3.05) is 13.1 Å². The third kappa shape index (κ3) is 3.47. The Morgan fingerprint density at radius 2 is 1.77 bits per heavy atom. The third-order valence-corrected chi connectivity index (χ3v) is 6.25. The van der Waals surface area contributed by atoms with Gasteiger partial charge in [0.2, 0.25) is 5.91 Å². The van der Waals surface area contributed by atoms with Gasteiger partial charge in [-0.05, 0) is 49.3 Å². The van der Waals surface area contributed by atoms with Crippen molar-refractivity contribution < 1.29 is 9.59 Å². The minimum Gasteiger partial charge on any atom is -0.348 e. The zero-order chi connectivity index (χ0) is 20.5. The number of hydrogen-bond donors (Lipinski definition) is 1. The molecule has 6 heteroatoms. The Morgan fingerprint density at radius 1 is 1.00 bits per heavy atom. The van der Waals surface area contributed by atoms with Crippen molar-refractivity contribution in [1.29, 1.82) is 0 Å². The molecule has 0 radical (unpaired) electrons. The monoisotopic (exact) mass is 402 g/mol. The van der Waals surface area contributed by atoms with E-state index in [0.717, 1.165) is 56.1 Å². The van der Waals surface area contributed by atoms with Gasteiger partial charge in [0.15, 0.2) is 5.69 Å². The second kappa shape index (κ2) is 7.94. The highest BCUT2D eigenvalue weighted by molar-refractivity contribution is 6.05. The molecule has 1 saturated heterocycles. The Morgan fingerprint density at radius 3 is 2.63 bits per heavy atom. The van der Waals surface area contributed by atoms with Gasteiger partial charge in [0.05, 0.1) is 11.6 Å². The van der Waals surface area contributed by atoms with Crippen LogP contribution in [0.15, 0.2) is 48.5 Å². The van der Waals surface area contributed by atoms with E-state index in [4.69, 9.17) is 0 Å². The standard InChI is InChI=1S/C24H26N4O2/c29-22(25-20-12-7-9-17-8-1-2-10-18(17)20)16-28-21-13-4-3-11-19(21)23(26-28)24(30)27-14-5-6-15-27/h1-4,8,10-11,13,20H,5-7,9,12,14-16H2,(H,25,29). The van der Waals surface area contributed by atoms with Crippen molar-refractivity contribution in [3.8, 4) is 0 Å². The van der Waals surface area contributed by atoms with Crippen LogP contribution in [0.4, 0.5) is 0 Å². The summed E-state index contributed by atoms with van der Waals surface area (Å²) < 4.78 is 1.67. The molecule has 2 aromatic carbocycles. The van der Waals surface area contributed by atoms with Crippen molar-refractivity contribution in [1.82, 2.24) is 20.0 Å². The van der Waals surface area contributed by atoms with Crippen LogP contribution in [-0.4, -0.2) is 39.6 Å². The van der Waals surface area contributed by atoms with Gasteiger partial charge in [-0.15, -0.1) is 0 Å². The number of rotatable bonds is 4. The quantitative estimate of drug-likeness (QED) is 0.727. The fourth-order valence-electron chi connectivity index (χ4n) is 4.76. The summed E-state index contributed by atoms with van der Waals surface area (Å²) in [5.41, 5.74) is 3.80. The Hall–Kier alpha value is -3.15. The summed E-state index contributed by atoms with van der Waals surface area (Å²) in [5.74, 6) is -0.116. The van der Waals surface area contributed by atoms with Crippen LogP contribution in [0, 0.1) is 0 Å². The fourth-order valence-corrected chi connectivity index (χ4v) is 4.76. The number of aryl methyl sites for hydroxylation is 1. The molecule has 5 rings (SSSR count). The van der Waals surface area contributed by atoms with Gasteiger partial charge >= 0.3 is 0 Å². The summed E-state index contributed by atoms with van der Waals surface area (Å²) in [6, 6.07) is 16.0. The zero-order valence-electron chi connectivity index (χ0n) is 17.0. The Labute approximate surface area is 175 Å². The van der Waals surface area contributed by atoms with E-state index < -0.39 is 0 Å². The molecule has 154 valence electrons. The summed E-state index contributed by atoms with van der Waals surface area (Å²) in [4.78, 5) is 27.7. The molecule has 2 amide bonds. The minimum atomic E-state index is -0.0786. The lowest BCUT2D eigenvalue weighted by Gasteiger charge is -2.26. The molecule has 1 atom stereocenters. The van der Waals surface area contributed by atoms with Gasteiger partial charge in [0, 0.05) is 18.5 Å². The first-order valence-electron chi connectivity index (χ1n) is 10.8. The summed E-state index contributed by atoms with van der Waals surface area (Å²) in [6.07, 6.45) is 5.15. The highest BCUT2D eigenvalue weighted by Gasteiger charge is 2.26. The molecule has 1 unspecified atom stereocenters. The number of aromatic nitrogens is 2. The van der Waals surface area contributed by atoms with E-state index in [0.29, 0.717) is 5.69 Å². The number of fused-ring (bicyclic) bond motifs is 2. The average molecular weight is 402 g/mol. The zero-order valence-corrected chi connectivity index (χ0v) is 17.0. The van der Waals surface area contributed by atoms with E-state index in [1.54, 1.807) is 4.68 Å². The van der Waals surface area contributed by atoms with Gasteiger partial charge in [-0.3, -0.25) is 14.3 Å². The van der Waals surface area contributed by atoms with E-state index in [2.05, 4.69) is 28.6 Å². The molecule has 3 aromatic rings. The molecule has 30 heavy (non-hydrogen) atoms. The summed E-state index contributed by atoms with van der Waals surface area (Å²) in [6.45, 7) is 1.66. The van der Waals surface area contributed by atoms with Gasteiger partial charge in [-0.25, -0.2) is 0 Å². The van der Waals surface area contributed by atoms with Gasteiger partial charge in [-0.1, -0.05) is 42.5 Å². The smallest absolute Gasteiger partial charge is 0.275 e. The molecule has 0 saturated carbocycles. The van der Waals surface area contributed by atoms with E-state index in [1.807, 2.05) is 35.2 Å². The predicted molar refractivity (Wildman–Crippen MR) is 115 cm³/mol. The number of nitrogens with zero attached hydrogens (tertiary/aromatic N) is 3. The Balaban J connectivity index is 1.38. The summed E-state index contributed by atoms with van der Waals surface area (Å²) in [7, 11) is 0. The van der Waals surface area contributed by atoms with E-state index in [1.165, 1.54) is 11.1 Å². The number of hydrogen-bond acceptors (Lipinski definition) is 3. The first-order valence-corrected chi connectivity index (χ1v) is 10.8. The van der Waals surface area contributed by atoms with Gasteiger partial charge in [0.1, 0.15) is 6.54 Å². The molecule has 2 aliphatic rings. The summed E-state index contributed by atoms with van der Waals surface area (Å²) >= 11 is 0. The molecule has 1 N–H and O–H groups in total. The lowest BCUT2D eigenvalue weighted by Crippen LogP contribution is -2.34. The SMILES string of the molecule is O=C(Cn1nc(C(=O)N2CCCC2)c2ccccc21)NC1CCCc2ccccc21. The molecule has 6 nitrogen and oxygen atoms in total. The molecular weight excluding hydrogens is 376 g/mol. The first-order chi connectivity index (χ1) is 14.7. The largest absolute Gasteiger partial charge is 0.348 e. The number of benzene rings is 2. The van der Waals surface area contributed by atoms with Crippen LogP contribution < -0.4 is 5.32 Å². The number of nitrogens with one attached hydrogen (secondary N) is 1. The maximum atomic E-state index is 13.0. The Bertz CT molecular complexity index is 1100. The lowest BCUT2D eigenvalue weighted by atomic mass is 9.88. The summed E-state index contributed by atoms with van der Waals surface area (Å²) in [5, 5.41) is 8.57. The third-order valence-electron chi connectivity index (χ3n) is 6.25. The second-order valence-corrected chi connectivity index (χ2v) is 8.23. The maximum absolute atomic E-state index is 13.0. The lowest BCUT2D eigenvalue weighted by molar-refractivity contribution is -0.122. The number of carbonyl (C=O) groups is 2. The number of likely N-dealkylation sites (tertiary alicyclic amines) is 1. The minimum absolute atomic E-state index is 0.0370. The second-order valence-electron chi connectivity index (χ2n) is 8.23.